The van der Waals surface area contributed by atoms with Crippen LogP contribution in [0.1, 0.15) is 51.2 Å². The quantitative estimate of drug-likeness (QED) is 0.774. The second-order valence-electron chi connectivity index (χ2n) is 5.61. The van der Waals surface area contributed by atoms with Gasteiger partial charge in [0.05, 0.1) is 0 Å². The van der Waals surface area contributed by atoms with Gasteiger partial charge in [0.25, 0.3) is 0 Å². The van der Waals surface area contributed by atoms with E-state index in [9.17, 15) is 14.7 Å². The zero-order chi connectivity index (χ0) is 15.9. The number of carboxylic acid groups (broad SMARTS) is 1. The summed E-state index contributed by atoms with van der Waals surface area (Å²) in [5.74, 6) is -1.20. The largest absolute Gasteiger partial charge is 0.480 e. The number of carbonyl (C=O) groups is 2. The van der Waals surface area contributed by atoms with E-state index in [1.165, 1.54) is 5.56 Å². The molecule has 1 atom stereocenters. The monoisotopic (exact) mass is 291 g/mol. The maximum atomic E-state index is 12.0. The van der Waals surface area contributed by atoms with E-state index in [0.717, 1.165) is 12.0 Å². The predicted molar refractivity (Wildman–Crippen MR) is 83.2 cm³/mol. The Kier molecular flexibility index (Phi) is 6.40. The standard InChI is InChI=1S/C17H25NO3/c1-4-12-17(3,16(20)21)18-15(19)11-10-14-8-6-13(5-2)7-9-14/h6-9H,4-5,10-12H2,1-3H3,(H,18,19)(H,20,21). The molecule has 0 spiro atoms. The smallest absolute Gasteiger partial charge is 0.329 e. The third kappa shape index (κ3) is 5.21. The fraction of sp³-hybridized carbons (Fsp3) is 0.529. The molecule has 0 heterocycles. The van der Waals surface area contributed by atoms with Gasteiger partial charge < -0.3 is 10.4 Å². The first kappa shape index (κ1) is 17.2. The first-order valence-corrected chi connectivity index (χ1v) is 7.53. The molecular weight excluding hydrogens is 266 g/mol. The molecule has 0 aromatic heterocycles. The second kappa shape index (κ2) is 7.81. The van der Waals surface area contributed by atoms with Gasteiger partial charge in [0.1, 0.15) is 5.54 Å². The van der Waals surface area contributed by atoms with Crippen molar-refractivity contribution in [3.63, 3.8) is 0 Å². The van der Waals surface area contributed by atoms with E-state index in [1.54, 1.807) is 6.92 Å². The van der Waals surface area contributed by atoms with E-state index in [0.29, 0.717) is 25.7 Å². The van der Waals surface area contributed by atoms with Crippen molar-refractivity contribution >= 4 is 11.9 Å². The topological polar surface area (TPSA) is 66.4 Å². The summed E-state index contributed by atoms with van der Waals surface area (Å²) >= 11 is 0. The van der Waals surface area contributed by atoms with E-state index < -0.39 is 11.5 Å². The number of amides is 1. The van der Waals surface area contributed by atoms with Gasteiger partial charge in [-0.1, -0.05) is 44.5 Å². The Balaban J connectivity index is 2.54. The number of hydrogen-bond acceptors (Lipinski definition) is 2. The summed E-state index contributed by atoms with van der Waals surface area (Å²) in [6.45, 7) is 5.57. The Bertz CT molecular complexity index is 481. The molecule has 1 aromatic rings. The van der Waals surface area contributed by atoms with Crippen molar-refractivity contribution in [2.24, 2.45) is 0 Å². The Morgan fingerprint density at radius 3 is 2.19 bits per heavy atom. The van der Waals surface area contributed by atoms with Crippen LogP contribution in [0, 0.1) is 0 Å². The number of carboxylic acids is 1. The van der Waals surface area contributed by atoms with Crippen molar-refractivity contribution in [2.75, 3.05) is 0 Å². The van der Waals surface area contributed by atoms with Crippen molar-refractivity contribution in [3.05, 3.63) is 35.4 Å². The normalized spacial score (nSPS) is 13.5. The molecule has 0 radical (unpaired) electrons. The van der Waals surface area contributed by atoms with Gasteiger partial charge in [0.15, 0.2) is 0 Å². The van der Waals surface area contributed by atoms with E-state index in [-0.39, 0.29) is 5.91 Å². The van der Waals surface area contributed by atoms with Crippen LogP contribution in [0.25, 0.3) is 0 Å². The fourth-order valence-electron chi connectivity index (χ4n) is 2.29. The predicted octanol–water partition coefficient (Wildman–Crippen LogP) is 2.94. The molecule has 0 bridgehead atoms. The Morgan fingerprint density at radius 2 is 1.71 bits per heavy atom. The van der Waals surface area contributed by atoms with Crippen LogP contribution in [0.2, 0.25) is 0 Å². The molecule has 0 aliphatic rings. The summed E-state index contributed by atoms with van der Waals surface area (Å²) in [4.78, 5) is 23.2. The molecule has 0 saturated heterocycles. The molecule has 4 heteroatoms. The lowest BCUT2D eigenvalue weighted by molar-refractivity contribution is -0.147. The van der Waals surface area contributed by atoms with Gasteiger partial charge >= 0.3 is 5.97 Å². The molecule has 0 aliphatic heterocycles. The summed E-state index contributed by atoms with van der Waals surface area (Å²) in [5, 5.41) is 11.9. The fourth-order valence-corrected chi connectivity index (χ4v) is 2.29. The highest BCUT2D eigenvalue weighted by Gasteiger charge is 2.33. The van der Waals surface area contributed by atoms with Crippen molar-refractivity contribution in [1.29, 1.82) is 0 Å². The van der Waals surface area contributed by atoms with Crippen LogP contribution in [0.3, 0.4) is 0 Å². The van der Waals surface area contributed by atoms with Gasteiger partial charge in [-0.2, -0.15) is 0 Å². The van der Waals surface area contributed by atoms with Crippen molar-refractivity contribution in [2.45, 2.75) is 58.4 Å². The molecule has 0 saturated carbocycles. The molecule has 21 heavy (non-hydrogen) atoms. The van der Waals surface area contributed by atoms with Crippen molar-refractivity contribution in [1.82, 2.24) is 5.32 Å². The van der Waals surface area contributed by atoms with E-state index in [2.05, 4.69) is 24.4 Å². The highest BCUT2D eigenvalue weighted by Crippen LogP contribution is 2.14. The van der Waals surface area contributed by atoms with E-state index >= 15 is 0 Å². The van der Waals surface area contributed by atoms with E-state index in [4.69, 9.17) is 0 Å². The Labute approximate surface area is 126 Å². The van der Waals surface area contributed by atoms with Crippen LogP contribution in [0.5, 0.6) is 0 Å². The van der Waals surface area contributed by atoms with Crippen LogP contribution < -0.4 is 5.32 Å². The zero-order valence-electron chi connectivity index (χ0n) is 13.1. The minimum absolute atomic E-state index is 0.215. The minimum Gasteiger partial charge on any atom is -0.480 e. The molecular formula is C17H25NO3. The molecule has 116 valence electrons. The van der Waals surface area contributed by atoms with Crippen LogP contribution in [0.15, 0.2) is 24.3 Å². The maximum Gasteiger partial charge on any atom is 0.329 e. The van der Waals surface area contributed by atoms with E-state index in [1.807, 2.05) is 19.1 Å². The highest BCUT2D eigenvalue weighted by atomic mass is 16.4. The maximum absolute atomic E-state index is 12.0. The lowest BCUT2D eigenvalue weighted by atomic mass is 9.96. The summed E-state index contributed by atoms with van der Waals surface area (Å²) in [6, 6.07) is 8.17. The average Bonchev–Trinajstić information content (AvgIpc) is 2.45. The molecule has 1 rings (SSSR count). The zero-order valence-corrected chi connectivity index (χ0v) is 13.1. The van der Waals surface area contributed by atoms with Gasteiger partial charge in [-0.3, -0.25) is 4.79 Å². The molecule has 0 aliphatic carbocycles. The first-order chi connectivity index (χ1) is 9.91. The third-order valence-corrected chi connectivity index (χ3v) is 3.71. The summed E-state index contributed by atoms with van der Waals surface area (Å²) in [5.41, 5.74) is 1.19. The van der Waals surface area contributed by atoms with Gasteiger partial charge in [-0.15, -0.1) is 0 Å². The number of rotatable bonds is 8. The number of aryl methyl sites for hydroxylation is 2. The van der Waals surface area contributed by atoms with Crippen LogP contribution >= 0.6 is 0 Å². The Morgan fingerprint density at radius 1 is 1.14 bits per heavy atom. The number of aliphatic carboxylic acids is 1. The second-order valence-corrected chi connectivity index (χ2v) is 5.61. The number of hydrogen-bond donors (Lipinski definition) is 2. The Hall–Kier alpha value is -1.84. The molecule has 0 fully saturated rings. The minimum atomic E-state index is -1.17. The summed E-state index contributed by atoms with van der Waals surface area (Å²) in [7, 11) is 0. The molecule has 1 unspecified atom stereocenters. The number of benzene rings is 1. The van der Waals surface area contributed by atoms with Gasteiger partial charge in [0, 0.05) is 6.42 Å². The highest BCUT2D eigenvalue weighted by molar-refractivity contribution is 5.86. The van der Waals surface area contributed by atoms with Crippen LogP contribution in [0.4, 0.5) is 0 Å². The summed E-state index contributed by atoms with van der Waals surface area (Å²) < 4.78 is 0. The van der Waals surface area contributed by atoms with Crippen LogP contribution in [-0.4, -0.2) is 22.5 Å². The number of carbonyl (C=O) groups excluding carboxylic acids is 1. The SMILES string of the molecule is CCCC(C)(NC(=O)CCc1ccc(CC)cc1)C(=O)O. The average molecular weight is 291 g/mol. The van der Waals surface area contributed by atoms with Crippen LogP contribution in [-0.2, 0) is 22.4 Å². The van der Waals surface area contributed by atoms with Gasteiger partial charge in [0.2, 0.25) is 5.91 Å². The van der Waals surface area contributed by atoms with Crippen molar-refractivity contribution < 1.29 is 14.7 Å². The van der Waals surface area contributed by atoms with Gasteiger partial charge in [-0.25, -0.2) is 4.79 Å². The van der Waals surface area contributed by atoms with Gasteiger partial charge in [-0.05, 0) is 37.3 Å². The lowest BCUT2D eigenvalue weighted by Crippen LogP contribution is -2.52. The molecule has 1 amide bonds. The number of nitrogens with one attached hydrogen (secondary N) is 1. The van der Waals surface area contributed by atoms with Crippen molar-refractivity contribution in [3.8, 4) is 0 Å². The summed E-state index contributed by atoms with van der Waals surface area (Å²) in [6.07, 6.45) is 3.06. The lowest BCUT2D eigenvalue weighted by Gasteiger charge is -2.25. The third-order valence-electron chi connectivity index (χ3n) is 3.71. The molecule has 4 nitrogen and oxygen atoms in total. The molecule has 2 N–H and O–H groups in total. The molecule has 1 aromatic carbocycles. The first-order valence-electron chi connectivity index (χ1n) is 7.53.